The quantitative estimate of drug-likeness (QED) is 0.482. The number of nitrogens with two attached hydrogens (primary N) is 2. The highest BCUT2D eigenvalue weighted by Gasteiger charge is 2.22. The Labute approximate surface area is 126 Å². The molecule has 0 aliphatic heterocycles. The molecule has 0 aliphatic carbocycles. The van der Waals surface area contributed by atoms with Crippen molar-refractivity contribution in [2.45, 2.75) is 72.6 Å². The summed E-state index contributed by atoms with van der Waals surface area (Å²) < 4.78 is 0. The van der Waals surface area contributed by atoms with Gasteiger partial charge in [-0.25, -0.2) is 0 Å². The van der Waals surface area contributed by atoms with Crippen molar-refractivity contribution in [2.75, 3.05) is 19.7 Å². The van der Waals surface area contributed by atoms with Gasteiger partial charge in [0.15, 0.2) is 0 Å². The van der Waals surface area contributed by atoms with Crippen LogP contribution in [0.3, 0.4) is 0 Å². The van der Waals surface area contributed by atoms with E-state index >= 15 is 0 Å². The predicted molar refractivity (Wildman–Crippen MR) is 88.6 cm³/mol. The lowest BCUT2D eigenvalue weighted by molar-refractivity contribution is 0.161. The molecule has 0 aromatic heterocycles. The van der Waals surface area contributed by atoms with Crippen molar-refractivity contribution in [3.8, 4) is 0 Å². The molecule has 0 heterocycles. The predicted octanol–water partition coefficient (Wildman–Crippen LogP) is 3.30. The first kappa shape index (κ1) is 19.9. The molecule has 0 saturated carbocycles. The Hall–Kier alpha value is -0.120. The Bertz CT molecular complexity index is 239. The van der Waals surface area contributed by atoms with Gasteiger partial charge in [-0.15, -0.1) is 0 Å². The van der Waals surface area contributed by atoms with Crippen LogP contribution in [0.2, 0.25) is 0 Å². The van der Waals surface area contributed by atoms with Crippen LogP contribution in [-0.4, -0.2) is 24.8 Å². The number of aliphatic hydroxyl groups excluding tert-OH is 1. The summed E-state index contributed by atoms with van der Waals surface area (Å²) in [7, 11) is 0. The summed E-state index contributed by atoms with van der Waals surface area (Å²) >= 11 is 0. The topological polar surface area (TPSA) is 72.3 Å². The standard InChI is InChI=1S/C17H38N2O/c1-16(2,10-7-11-18)9-6-5-8-15(13-20)12-17(3,4)14-19/h15,20H,5-14,18-19H2,1-4H3. The molecule has 1 unspecified atom stereocenters. The SMILES string of the molecule is CC(C)(CCCN)CCCCC(CO)CC(C)(C)CN. The Kier molecular flexibility index (Phi) is 9.69. The van der Waals surface area contributed by atoms with Gasteiger partial charge in [-0.2, -0.15) is 0 Å². The van der Waals surface area contributed by atoms with Crippen molar-refractivity contribution in [3.63, 3.8) is 0 Å². The maximum atomic E-state index is 9.51. The Morgan fingerprint density at radius 2 is 1.50 bits per heavy atom. The minimum atomic E-state index is 0.147. The molecule has 20 heavy (non-hydrogen) atoms. The average molecular weight is 287 g/mol. The Morgan fingerprint density at radius 1 is 0.900 bits per heavy atom. The fourth-order valence-corrected chi connectivity index (χ4v) is 2.86. The number of rotatable bonds is 12. The zero-order chi connectivity index (χ0) is 15.6. The van der Waals surface area contributed by atoms with E-state index in [4.69, 9.17) is 11.5 Å². The first-order valence-corrected chi connectivity index (χ1v) is 8.27. The molecule has 0 aliphatic rings. The summed E-state index contributed by atoms with van der Waals surface area (Å²) in [6.07, 6.45) is 8.19. The second kappa shape index (κ2) is 9.75. The molecule has 0 aromatic rings. The normalized spacial score (nSPS) is 14.6. The fourth-order valence-electron chi connectivity index (χ4n) is 2.86. The third-order valence-corrected chi connectivity index (χ3v) is 4.43. The molecule has 0 rings (SSSR count). The minimum absolute atomic E-state index is 0.147. The Morgan fingerprint density at radius 3 is 2.00 bits per heavy atom. The van der Waals surface area contributed by atoms with Crippen LogP contribution in [0.5, 0.6) is 0 Å². The number of hydrogen-bond acceptors (Lipinski definition) is 3. The molecule has 0 aromatic carbocycles. The summed E-state index contributed by atoms with van der Waals surface area (Å²) in [5, 5.41) is 9.51. The molecule has 122 valence electrons. The van der Waals surface area contributed by atoms with E-state index in [1.807, 2.05) is 0 Å². The van der Waals surface area contributed by atoms with E-state index in [9.17, 15) is 5.11 Å². The van der Waals surface area contributed by atoms with Gasteiger partial charge in [0.2, 0.25) is 0 Å². The first-order valence-electron chi connectivity index (χ1n) is 8.27. The molecule has 0 saturated heterocycles. The molecule has 0 spiro atoms. The van der Waals surface area contributed by atoms with Crippen molar-refractivity contribution in [2.24, 2.45) is 28.2 Å². The lowest BCUT2D eigenvalue weighted by Crippen LogP contribution is -2.27. The van der Waals surface area contributed by atoms with Gasteiger partial charge in [0.05, 0.1) is 0 Å². The van der Waals surface area contributed by atoms with Crippen molar-refractivity contribution >= 4 is 0 Å². The second-order valence-electron chi connectivity index (χ2n) is 7.92. The highest BCUT2D eigenvalue weighted by Crippen LogP contribution is 2.31. The maximum Gasteiger partial charge on any atom is 0.0459 e. The van der Waals surface area contributed by atoms with E-state index in [1.54, 1.807) is 0 Å². The van der Waals surface area contributed by atoms with Crippen LogP contribution in [-0.2, 0) is 0 Å². The van der Waals surface area contributed by atoms with Gasteiger partial charge in [-0.05, 0) is 61.9 Å². The summed E-state index contributed by atoms with van der Waals surface area (Å²) in [6.45, 7) is 10.8. The van der Waals surface area contributed by atoms with E-state index in [0.717, 1.165) is 25.8 Å². The van der Waals surface area contributed by atoms with E-state index in [0.29, 0.717) is 24.5 Å². The zero-order valence-corrected chi connectivity index (χ0v) is 14.3. The van der Waals surface area contributed by atoms with E-state index < -0.39 is 0 Å². The molecular weight excluding hydrogens is 248 g/mol. The highest BCUT2D eigenvalue weighted by molar-refractivity contribution is 4.75. The molecule has 0 radical (unpaired) electrons. The van der Waals surface area contributed by atoms with Crippen molar-refractivity contribution < 1.29 is 5.11 Å². The van der Waals surface area contributed by atoms with Gasteiger partial charge in [-0.1, -0.05) is 40.5 Å². The van der Waals surface area contributed by atoms with Crippen LogP contribution in [0.15, 0.2) is 0 Å². The van der Waals surface area contributed by atoms with Crippen LogP contribution in [0.25, 0.3) is 0 Å². The van der Waals surface area contributed by atoms with Crippen molar-refractivity contribution in [1.82, 2.24) is 0 Å². The molecule has 3 heteroatoms. The van der Waals surface area contributed by atoms with E-state index in [1.165, 1.54) is 25.7 Å². The van der Waals surface area contributed by atoms with Crippen molar-refractivity contribution in [1.29, 1.82) is 0 Å². The fraction of sp³-hybridized carbons (Fsp3) is 1.00. The molecule has 3 nitrogen and oxygen atoms in total. The summed E-state index contributed by atoms with van der Waals surface area (Å²) in [5.41, 5.74) is 11.9. The minimum Gasteiger partial charge on any atom is -0.396 e. The second-order valence-corrected chi connectivity index (χ2v) is 7.92. The van der Waals surface area contributed by atoms with Crippen LogP contribution < -0.4 is 11.5 Å². The zero-order valence-electron chi connectivity index (χ0n) is 14.3. The molecule has 1 atom stereocenters. The first-order chi connectivity index (χ1) is 9.26. The van der Waals surface area contributed by atoms with Gasteiger partial charge in [0.25, 0.3) is 0 Å². The lowest BCUT2D eigenvalue weighted by atomic mass is 9.79. The Balaban J connectivity index is 3.91. The summed E-state index contributed by atoms with van der Waals surface area (Å²) in [4.78, 5) is 0. The molecule has 0 amide bonds. The van der Waals surface area contributed by atoms with E-state index in [-0.39, 0.29) is 5.41 Å². The summed E-state index contributed by atoms with van der Waals surface area (Å²) in [6, 6.07) is 0. The van der Waals surface area contributed by atoms with Gasteiger partial charge in [0.1, 0.15) is 0 Å². The third-order valence-electron chi connectivity index (χ3n) is 4.43. The average Bonchev–Trinajstić information content (AvgIpc) is 2.40. The molecule has 5 N–H and O–H groups in total. The van der Waals surface area contributed by atoms with Gasteiger partial charge in [-0.3, -0.25) is 0 Å². The largest absolute Gasteiger partial charge is 0.396 e. The van der Waals surface area contributed by atoms with Gasteiger partial charge in [0, 0.05) is 6.61 Å². The number of hydrogen-bond donors (Lipinski definition) is 3. The van der Waals surface area contributed by atoms with Gasteiger partial charge < -0.3 is 16.6 Å². The smallest absolute Gasteiger partial charge is 0.0459 e. The van der Waals surface area contributed by atoms with Crippen LogP contribution >= 0.6 is 0 Å². The molecular formula is C17H38N2O. The van der Waals surface area contributed by atoms with E-state index in [2.05, 4.69) is 27.7 Å². The molecule has 0 fully saturated rings. The monoisotopic (exact) mass is 286 g/mol. The van der Waals surface area contributed by atoms with Crippen LogP contribution in [0.1, 0.15) is 72.6 Å². The van der Waals surface area contributed by atoms with Crippen molar-refractivity contribution in [3.05, 3.63) is 0 Å². The lowest BCUT2D eigenvalue weighted by Gasteiger charge is -2.28. The third kappa shape index (κ3) is 9.73. The summed E-state index contributed by atoms with van der Waals surface area (Å²) in [5.74, 6) is 0.403. The number of aliphatic hydroxyl groups is 1. The van der Waals surface area contributed by atoms with Gasteiger partial charge >= 0.3 is 0 Å². The number of unbranched alkanes of at least 4 members (excludes halogenated alkanes) is 1. The highest BCUT2D eigenvalue weighted by atomic mass is 16.3. The maximum absolute atomic E-state index is 9.51. The molecule has 0 bridgehead atoms. The van der Waals surface area contributed by atoms with Crippen LogP contribution in [0, 0.1) is 16.7 Å². The van der Waals surface area contributed by atoms with Crippen LogP contribution in [0.4, 0.5) is 0 Å².